The van der Waals surface area contributed by atoms with Gasteiger partial charge in [0.1, 0.15) is 0 Å². The molecule has 2 heterocycles. The van der Waals surface area contributed by atoms with Gasteiger partial charge in [-0.2, -0.15) is 0 Å². The number of anilines is 1. The summed E-state index contributed by atoms with van der Waals surface area (Å²) >= 11 is 0. The van der Waals surface area contributed by atoms with E-state index in [1.807, 2.05) is 12.1 Å². The second-order valence-corrected chi connectivity index (χ2v) is 6.56. The molecule has 1 aromatic rings. The fourth-order valence-electron chi connectivity index (χ4n) is 3.36. The number of morpholine rings is 1. The molecule has 0 atom stereocenters. The van der Waals surface area contributed by atoms with Crippen LogP contribution < -0.4 is 10.2 Å². The quantitative estimate of drug-likeness (QED) is 0.833. The van der Waals surface area contributed by atoms with Crippen molar-refractivity contribution in [1.82, 2.24) is 5.32 Å². The van der Waals surface area contributed by atoms with Gasteiger partial charge in [-0.25, -0.2) is 0 Å². The van der Waals surface area contributed by atoms with E-state index in [0.717, 1.165) is 18.8 Å². The van der Waals surface area contributed by atoms with Gasteiger partial charge in [0.2, 0.25) is 0 Å². The van der Waals surface area contributed by atoms with Crippen LogP contribution >= 0.6 is 0 Å². The van der Waals surface area contributed by atoms with E-state index >= 15 is 0 Å². The number of rotatable bonds is 5. The van der Waals surface area contributed by atoms with Gasteiger partial charge in [0.15, 0.2) is 0 Å². The molecule has 2 fully saturated rings. The van der Waals surface area contributed by atoms with Crippen LogP contribution in [0.2, 0.25) is 0 Å². The van der Waals surface area contributed by atoms with Gasteiger partial charge in [0, 0.05) is 37.6 Å². The number of nitrogens with zero attached hydrogens (tertiary/aromatic N) is 1. The van der Waals surface area contributed by atoms with Gasteiger partial charge < -0.3 is 24.8 Å². The predicted molar refractivity (Wildman–Crippen MR) is 92.0 cm³/mol. The summed E-state index contributed by atoms with van der Waals surface area (Å²) in [7, 11) is 0. The number of hydrogen-bond donors (Lipinski definition) is 2. The molecule has 25 heavy (non-hydrogen) atoms. The Labute approximate surface area is 146 Å². The molecule has 0 aliphatic carbocycles. The van der Waals surface area contributed by atoms with Crippen molar-refractivity contribution in [2.24, 2.45) is 0 Å². The molecule has 0 spiro atoms. The maximum atomic E-state index is 12.6. The molecular weight excluding hydrogens is 324 g/mol. The van der Waals surface area contributed by atoms with Crippen molar-refractivity contribution in [1.29, 1.82) is 0 Å². The Bertz CT molecular complexity index is 604. The van der Waals surface area contributed by atoms with Crippen LogP contribution in [0.5, 0.6) is 0 Å². The smallest absolute Gasteiger partial charge is 0.305 e. The fourth-order valence-corrected chi connectivity index (χ4v) is 3.36. The molecule has 2 saturated heterocycles. The Morgan fingerprint density at radius 3 is 2.24 bits per heavy atom. The van der Waals surface area contributed by atoms with Crippen LogP contribution in [0.15, 0.2) is 24.3 Å². The molecule has 2 aliphatic rings. The van der Waals surface area contributed by atoms with Crippen molar-refractivity contribution in [2.75, 3.05) is 44.4 Å². The molecule has 1 amide bonds. The highest BCUT2D eigenvalue weighted by Crippen LogP contribution is 2.25. The van der Waals surface area contributed by atoms with Crippen molar-refractivity contribution in [2.45, 2.75) is 24.8 Å². The summed E-state index contributed by atoms with van der Waals surface area (Å²) in [5.74, 6) is -1.15. The van der Waals surface area contributed by atoms with E-state index in [4.69, 9.17) is 9.47 Å². The van der Waals surface area contributed by atoms with E-state index in [0.29, 0.717) is 44.8 Å². The molecule has 0 radical (unpaired) electrons. The molecule has 3 rings (SSSR count). The monoisotopic (exact) mass is 348 g/mol. The first kappa shape index (κ1) is 17.7. The number of carbonyl (C=O) groups is 2. The largest absolute Gasteiger partial charge is 0.481 e. The molecule has 7 heteroatoms. The Morgan fingerprint density at radius 1 is 1.04 bits per heavy atom. The molecule has 0 saturated carbocycles. The molecule has 136 valence electrons. The third-order valence-corrected chi connectivity index (χ3v) is 4.82. The first-order valence-electron chi connectivity index (χ1n) is 8.63. The van der Waals surface area contributed by atoms with Gasteiger partial charge in [-0.3, -0.25) is 9.59 Å². The summed E-state index contributed by atoms with van der Waals surface area (Å²) in [4.78, 5) is 26.0. The minimum atomic E-state index is -0.912. The molecule has 2 aliphatic heterocycles. The molecule has 2 N–H and O–H groups in total. The molecule has 0 unspecified atom stereocenters. The maximum absolute atomic E-state index is 12.6. The van der Waals surface area contributed by atoms with E-state index in [2.05, 4.69) is 10.2 Å². The Kier molecular flexibility index (Phi) is 5.55. The highest BCUT2D eigenvalue weighted by atomic mass is 16.5. The normalized spacial score (nSPS) is 20.1. The van der Waals surface area contributed by atoms with Crippen LogP contribution in [-0.4, -0.2) is 62.0 Å². The average molecular weight is 348 g/mol. The molecule has 0 aromatic heterocycles. The van der Waals surface area contributed by atoms with Crippen molar-refractivity contribution in [3.05, 3.63) is 29.8 Å². The molecule has 1 aromatic carbocycles. The van der Waals surface area contributed by atoms with E-state index < -0.39 is 11.5 Å². The summed E-state index contributed by atoms with van der Waals surface area (Å²) < 4.78 is 10.7. The van der Waals surface area contributed by atoms with Crippen LogP contribution in [0.3, 0.4) is 0 Å². The minimum Gasteiger partial charge on any atom is -0.481 e. The summed E-state index contributed by atoms with van der Waals surface area (Å²) in [6.07, 6.45) is 0.932. The lowest BCUT2D eigenvalue weighted by Crippen LogP contribution is -2.53. The van der Waals surface area contributed by atoms with E-state index in [9.17, 15) is 14.7 Å². The SMILES string of the molecule is O=C(O)CC1(NC(=O)c2ccc(N3CCOCC3)cc2)CCOCC1. The molecule has 7 nitrogen and oxygen atoms in total. The Morgan fingerprint density at radius 2 is 1.64 bits per heavy atom. The van der Waals surface area contributed by atoms with E-state index in [-0.39, 0.29) is 12.3 Å². The second-order valence-electron chi connectivity index (χ2n) is 6.56. The third-order valence-electron chi connectivity index (χ3n) is 4.82. The van der Waals surface area contributed by atoms with Gasteiger partial charge >= 0.3 is 5.97 Å². The Balaban J connectivity index is 1.67. The van der Waals surface area contributed by atoms with Gasteiger partial charge in [0.25, 0.3) is 5.91 Å². The van der Waals surface area contributed by atoms with Crippen molar-refractivity contribution < 1.29 is 24.2 Å². The summed E-state index contributed by atoms with van der Waals surface area (Å²) in [6.45, 7) is 4.03. The lowest BCUT2D eigenvalue weighted by molar-refractivity contribution is -0.139. The maximum Gasteiger partial charge on any atom is 0.305 e. The summed E-state index contributed by atoms with van der Waals surface area (Å²) in [6, 6.07) is 7.42. The van der Waals surface area contributed by atoms with Crippen LogP contribution in [0.1, 0.15) is 29.6 Å². The van der Waals surface area contributed by atoms with Crippen molar-refractivity contribution >= 4 is 17.6 Å². The first-order valence-corrected chi connectivity index (χ1v) is 8.63. The zero-order chi connectivity index (χ0) is 17.7. The highest BCUT2D eigenvalue weighted by Gasteiger charge is 2.36. The molecule has 0 bridgehead atoms. The number of amides is 1. The number of carbonyl (C=O) groups excluding carboxylic acids is 1. The summed E-state index contributed by atoms with van der Waals surface area (Å²) in [5, 5.41) is 12.1. The van der Waals surface area contributed by atoms with Gasteiger partial charge in [-0.05, 0) is 37.1 Å². The second kappa shape index (κ2) is 7.84. The number of carboxylic acid groups (broad SMARTS) is 1. The highest BCUT2D eigenvalue weighted by molar-refractivity contribution is 5.95. The van der Waals surface area contributed by atoms with Gasteiger partial charge in [-0.1, -0.05) is 0 Å². The average Bonchev–Trinajstić information content (AvgIpc) is 2.62. The Hall–Kier alpha value is -2.12. The predicted octanol–water partition coefficient (Wildman–Crippen LogP) is 1.28. The number of ether oxygens (including phenoxy) is 2. The zero-order valence-electron chi connectivity index (χ0n) is 14.2. The van der Waals surface area contributed by atoms with E-state index in [1.165, 1.54) is 0 Å². The minimum absolute atomic E-state index is 0.0893. The third kappa shape index (κ3) is 4.49. The number of nitrogens with one attached hydrogen (secondary N) is 1. The van der Waals surface area contributed by atoms with Crippen molar-refractivity contribution in [3.8, 4) is 0 Å². The zero-order valence-corrected chi connectivity index (χ0v) is 14.2. The van der Waals surface area contributed by atoms with Gasteiger partial charge in [-0.15, -0.1) is 0 Å². The molecular formula is C18H24N2O5. The lowest BCUT2D eigenvalue weighted by Gasteiger charge is -2.36. The van der Waals surface area contributed by atoms with Crippen LogP contribution in [0, 0.1) is 0 Å². The number of hydrogen-bond acceptors (Lipinski definition) is 5. The van der Waals surface area contributed by atoms with Crippen molar-refractivity contribution in [3.63, 3.8) is 0 Å². The number of aliphatic carboxylic acids is 1. The first-order chi connectivity index (χ1) is 12.1. The number of carboxylic acids is 1. The number of benzene rings is 1. The van der Waals surface area contributed by atoms with E-state index in [1.54, 1.807) is 12.1 Å². The van der Waals surface area contributed by atoms with Crippen LogP contribution in [0.4, 0.5) is 5.69 Å². The van der Waals surface area contributed by atoms with Crippen LogP contribution in [0.25, 0.3) is 0 Å². The van der Waals surface area contributed by atoms with Crippen LogP contribution in [-0.2, 0) is 14.3 Å². The topological polar surface area (TPSA) is 88.1 Å². The standard InChI is InChI=1S/C18H24N2O5/c21-16(22)13-18(5-9-24-10-6-18)19-17(23)14-1-3-15(4-2-14)20-7-11-25-12-8-20/h1-4H,5-13H2,(H,19,23)(H,21,22). The van der Waals surface area contributed by atoms with Gasteiger partial charge in [0.05, 0.1) is 25.2 Å². The summed E-state index contributed by atoms with van der Waals surface area (Å²) in [5.41, 5.74) is 0.865. The lowest BCUT2D eigenvalue weighted by atomic mass is 9.86. The fraction of sp³-hybridized carbons (Fsp3) is 0.556.